The smallest absolute Gasteiger partial charge is 0.243 e. The third kappa shape index (κ3) is 7.36. The number of carbonyl (C=O) groups excluding carboxylic acids is 3. The van der Waals surface area contributed by atoms with Crippen molar-refractivity contribution < 1.29 is 28.6 Å². The number of methoxy groups -OCH3 is 3. The number of primary amides is 1. The molecule has 1 saturated carbocycles. The van der Waals surface area contributed by atoms with Crippen molar-refractivity contribution in [1.29, 1.82) is 0 Å². The second-order valence-electron chi connectivity index (χ2n) is 11.4. The summed E-state index contributed by atoms with van der Waals surface area (Å²) in [5.74, 6) is 0.156. The van der Waals surface area contributed by atoms with Crippen LogP contribution in [0, 0.1) is 5.92 Å². The first kappa shape index (κ1) is 31.2. The van der Waals surface area contributed by atoms with Gasteiger partial charge >= 0.3 is 0 Å². The van der Waals surface area contributed by atoms with Crippen LogP contribution < -0.4 is 25.3 Å². The van der Waals surface area contributed by atoms with Crippen molar-refractivity contribution in [2.75, 3.05) is 27.9 Å². The van der Waals surface area contributed by atoms with E-state index in [1.807, 2.05) is 42.5 Å². The van der Waals surface area contributed by atoms with Crippen molar-refractivity contribution in [2.24, 2.45) is 11.7 Å². The number of piperidine rings is 1. The minimum atomic E-state index is -0.819. The number of nitrogens with zero attached hydrogens (tertiary/aromatic N) is 1. The number of aryl methyl sites for hydroxylation is 1. The van der Waals surface area contributed by atoms with Gasteiger partial charge in [0.2, 0.25) is 23.5 Å². The van der Waals surface area contributed by atoms with Gasteiger partial charge in [-0.15, -0.1) is 0 Å². The van der Waals surface area contributed by atoms with Crippen LogP contribution in [0.5, 0.6) is 17.2 Å². The summed E-state index contributed by atoms with van der Waals surface area (Å²) < 4.78 is 16.8. The SMILES string of the molecule is COc1cc([C@@H](C(=O)N2CCCCC2C(=O)N[C@@H](CCc2ccccc2)C(N)=O)C2CCCCC2)cc(OC)c1OC. The lowest BCUT2D eigenvalue weighted by Crippen LogP contribution is -2.57. The first-order valence-corrected chi connectivity index (χ1v) is 15.1. The van der Waals surface area contributed by atoms with E-state index < -0.39 is 23.9 Å². The quantitative estimate of drug-likeness (QED) is 0.386. The first-order valence-electron chi connectivity index (χ1n) is 15.1. The van der Waals surface area contributed by atoms with E-state index in [1.165, 1.54) is 0 Å². The zero-order valence-electron chi connectivity index (χ0n) is 25.1. The number of hydrogen-bond donors (Lipinski definition) is 2. The fraction of sp³-hybridized carbons (Fsp3) is 0.545. The molecule has 4 rings (SSSR count). The fourth-order valence-corrected chi connectivity index (χ4v) is 6.52. The molecule has 1 saturated heterocycles. The fourth-order valence-electron chi connectivity index (χ4n) is 6.52. The van der Waals surface area contributed by atoms with Gasteiger partial charge in [-0.2, -0.15) is 0 Å². The number of nitrogens with two attached hydrogens (primary N) is 1. The predicted molar refractivity (Wildman–Crippen MR) is 161 cm³/mol. The molecule has 0 spiro atoms. The Hall–Kier alpha value is -3.75. The van der Waals surface area contributed by atoms with Gasteiger partial charge in [-0.1, -0.05) is 49.6 Å². The Labute approximate surface area is 249 Å². The van der Waals surface area contributed by atoms with E-state index in [4.69, 9.17) is 19.9 Å². The van der Waals surface area contributed by atoms with Gasteiger partial charge in [0.25, 0.3) is 0 Å². The lowest BCUT2D eigenvalue weighted by molar-refractivity contribution is -0.145. The number of rotatable bonds is 12. The Kier molecular flexibility index (Phi) is 11.1. The highest BCUT2D eigenvalue weighted by atomic mass is 16.5. The molecule has 2 fully saturated rings. The van der Waals surface area contributed by atoms with Gasteiger partial charge in [-0.25, -0.2) is 0 Å². The molecule has 42 heavy (non-hydrogen) atoms. The molecule has 3 N–H and O–H groups in total. The molecule has 1 heterocycles. The van der Waals surface area contributed by atoms with Gasteiger partial charge in [0.1, 0.15) is 12.1 Å². The highest BCUT2D eigenvalue weighted by Gasteiger charge is 2.40. The summed E-state index contributed by atoms with van der Waals surface area (Å²) in [6.45, 7) is 0.482. The van der Waals surface area contributed by atoms with E-state index in [0.717, 1.165) is 56.1 Å². The topological polar surface area (TPSA) is 120 Å². The van der Waals surface area contributed by atoms with Crippen LogP contribution in [-0.4, -0.2) is 62.6 Å². The second-order valence-corrected chi connectivity index (χ2v) is 11.4. The number of amides is 3. The van der Waals surface area contributed by atoms with Crippen LogP contribution in [0.4, 0.5) is 0 Å². The molecular formula is C33H45N3O6. The number of carbonyl (C=O) groups is 3. The van der Waals surface area contributed by atoms with Gasteiger partial charge in [0.15, 0.2) is 11.5 Å². The van der Waals surface area contributed by atoms with Gasteiger partial charge < -0.3 is 30.2 Å². The number of benzene rings is 2. The van der Waals surface area contributed by atoms with E-state index in [9.17, 15) is 14.4 Å². The van der Waals surface area contributed by atoms with E-state index >= 15 is 0 Å². The average molecular weight is 580 g/mol. The highest BCUT2D eigenvalue weighted by Crippen LogP contribution is 2.45. The summed E-state index contributed by atoms with van der Waals surface area (Å²) in [4.78, 5) is 42.3. The van der Waals surface area contributed by atoms with Crippen molar-refractivity contribution >= 4 is 17.7 Å². The zero-order chi connectivity index (χ0) is 30.1. The lowest BCUT2D eigenvalue weighted by Gasteiger charge is -2.40. The molecular weight excluding hydrogens is 534 g/mol. The monoisotopic (exact) mass is 579 g/mol. The second kappa shape index (κ2) is 14.9. The Bertz CT molecular complexity index is 1190. The Morgan fingerprint density at radius 1 is 0.905 bits per heavy atom. The lowest BCUT2D eigenvalue weighted by atomic mass is 9.75. The van der Waals surface area contributed by atoms with Crippen molar-refractivity contribution in [1.82, 2.24) is 10.2 Å². The van der Waals surface area contributed by atoms with Gasteiger partial charge in [-0.3, -0.25) is 14.4 Å². The molecule has 2 aromatic carbocycles. The maximum Gasteiger partial charge on any atom is 0.243 e. The molecule has 2 aromatic rings. The molecule has 1 unspecified atom stereocenters. The third-order valence-corrected chi connectivity index (χ3v) is 8.75. The minimum Gasteiger partial charge on any atom is -0.493 e. The van der Waals surface area contributed by atoms with Crippen molar-refractivity contribution in [3.63, 3.8) is 0 Å². The van der Waals surface area contributed by atoms with E-state index in [-0.39, 0.29) is 17.7 Å². The van der Waals surface area contributed by atoms with Gasteiger partial charge in [0.05, 0.1) is 27.2 Å². The molecule has 9 nitrogen and oxygen atoms in total. The molecule has 3 amide bonds. The molecule has 1 aliphatic carbocycles. The Morgan fingerprint density at radius 2 is 1.55 bits per heavy atom. The van der Waals surface area contributed by atoms with Crippen LogP contribution in [-0.2, 0) is 20.8 Å². The summed E-state index contributed by atoms with van der Waals surface area (Å²) >= 11 is 0. The van der Waals surface area contributed by atoms with Crippen LogP contribution in [0.3, 0.4) is 0 Å². The molecule has 9 heteroatoms. The number of likely N-dealkylation sites (tertiary alicyclic amines) is 1. The molecule has 1 aliphatic heterocycles. The van der Waals surface area contributed by atoms with Crippen molar-refractivity contribution in [3.05, 3.63) is 53.6 Å². The maximum absolute atomic E-state index is 14.5. The summed E-state index contributed by atoms with van der Waals surface area (Å²) in [5, 5.41) is 2.89. The first-order chi connectivity index (χ1) is 20.4. The predicted octanol–water partition coefficient (Wildman–Crippen LogP) is 4.36. The van der Waals surface area contributed by atoms with Crippen LogP contribution in [0.2, 0.25) is 0 Å². The third-order valence-electron chi connectivity index (χ3n) is 8.75. The summed E-state index contributed by atoms with van der Waals surface area (Å²) in [6, 6.07) is 12.0. The van der Waals surface area contributed by atoms with Crippen LogP contribution >= 0.6 is 0 Å². The molecule has 2 aliphatic rings. The number of nitrogens with one attached hydrogen (secondary N) is 1. The zero-order valence-corrected chi connectivity index (χ0v) is 25.1. The van der Waals surface area contributed by atoms with Crippen LogP contribution in [0.25, 0.3) is 0 Å². The van der Waals surface area contributed by atoms with Gasteiger partial charge in [0, 0.05) is 6.54 Å². The largest absolute Gasteiger partial charge is 0.493 e. The Morgan fingerprint density at radius 3 is 2.14 bits per heavy atom. The molecule has 228 valence electrons. The summed E-state index contributed by atoms with van der Waals surface area (Å²) in [6.07, 6.45) is 8.31. The van der Waals surface area contributed by atoms with E-state index in [1.54, 1.807) is 26.2 Å². The highest BCUT2D eigenvalue weighted by molar-refractivity contribution is 5.93. The van der Waals surface area contributed by atoms with Crippen LogP contribution in [0.15, 0.2) is 42.5 Å². The molecule has 0 aromatic heterocycles. The average Bonchev–Trinajstić information content (AvgIpc) is 3.03. The molecule has 0 bridgehead atoms. The van der Waals surface area contributed by atoms with Crippen molar-refractivity contribution in [2.45, 2.75) is 82.2 Å². The Balaban J connectivity index is 1.60. The standard InChI is InChI=1S/C33H45N3O6/c1-40-27-20-24(21-28(41-2)30(27)42-3)29(23-14-8-5-9-15-23)33(39)36-19-11-10-16-26(36)32(38)35-25(31(34)37)18-17-22-12-6-4-7-13-22/h4,6-7,12-13,20-21,23,25-26,29H,5,8-11,14-19H2,1-3H3,(H2,34,37)(H,35,38)/t25-,26?,29-/m0/s1. The molecule has 3 atom stereocenters. The number of ether oxygens (including phenoxy) is 3. The maximum atomic E-state index is 14.5. The summed E-state index contributed by atoms with van der Waals surface area (Å²) in [5.41, 5.74) is 7.56. The van der Waals surface area contributed by atoms with Gasteiger partial charge in [-0.05, 0) is 74.1 Å². The van der Waals surface area contributed by atoms with Crippen molar-refractivity contribution in [3.8, 4) is 17.2 Å². The summed E-state index contributed by atoms with van der Waals surface area (Å²) in [7, 11) is 4.69. The molecule has 0 radical (unpaired) electrons. The normalized spacial score (nSPS) is 18.9. The number of hydrogen-bond acceptors (Lipinski definition) is 6. The van der Waals surface area contributed by atoms with Crippen LogP contribution in [0.1, 0.15) is 74.8 Å². The minimum absolute atomic E-state index is 0.0732. The van der Waals surface area contributed by atoms with E-state index in [0.29, 0.717) is 43.1 Å². The van der Waals surface area contributed by atoms with E-state index in [2.05, 4.69) is 5.32 Å².